The molecule has 0 aromatic carbocycles. The smallest absolute Gasteiger partial charge is 0.225 e. The SMILES string of the molecule is O=C(C1CC1)N1CCN(c2ccc(N3CCN(CCO)CC3)nn2)CC1. The molecule has 8 heteroatoms. The van der Waals surface area contributed by atoms with E-state index in [0.29, 0.717) is 11.8 Å². The summed E-state index contributed by atoms with van der Waals surface area (Å²) >= 11 is 0. The number of aromatic nitrogens is 2. The number of aliphatic hydroxyl groups is 1. The maximum atomic E-state index is 12.1. The highest BCUT2D eigenvalue weighted by molar-refractivity contribution is 5.81. The van der Waals surface area contributed by atoms with Gasteiger partial charge in [-0.25, -0.2) is 0 Å². The molecule has 2 saturated heterocycles. The van der Waals surface area contributed by atoms with Crippen molar-refractivity contribution in [2.45, 2.75) is 12.8 Å². The molecule has 0 unspecified atom stereocenters. The van der Waals surface area contributed by atoms with Crippen LogP contribution in [0.1, 0.15) is 12.8 Å². The van der Waals surface area contributed by atoms with Crippen molar-refractivity contribution in [2.75, 3.05) is 75.3 Å². The summed E-state index contributed by atoms with van der Waals surface area (Å²) in [4.78, 5) is 20.9. The molecular formula is C18H28N6O2. The van der Waals surface area contributed by atoms with Crippen LogP contribution in [0.25, 0.3) is 0 Å². The molecule has 0 spiro atoms. The molecule has 3 heterocycles. The number of carbonyl (C=O) groups excluding carboxylic acids is 1. The third-order valence-electron chi connectivity index (χ3n) is 5.59. The van der Waals surface area contributed by atoms with E-state index in [-0.39, 0.29) is 6.61 Å². The fraction of sp³-hybridized carbons (Fsp3) is 0.722. The van der Waals surface area contributed by atoms with E-state index in [2.05, 4.69) is 24.9 Å². The van der Waals surface area contributed by atoms with E-state index in [0.717, 1.165) is 83.4 Å². The maximum Gasteiger partial charge on any atom is 0.225 e. The monoisotopic (exact) mass is 360 g/mol. The van der Waals surface area contributed by atoms with Crippen molar-refractivity contribution in [2.24, 2.45) is 5.92 Å². The van der Waals surface area contributed by atoms with Gasteiger partial charge in [0, 0.05) is 64.8 Å². The van der Waals surface area contributed by atoms with Crippen LogP contribution in [0, 0.1) is 5.92 Å². The number of β-amino-alcohol motifs (C(OH)–C–C–N with tert-alkyl or cyclic N) is 1. The van der Waals surface area contributed by atoms with Gasteiger partial charge in [-0.05, 0) is 25.0 Å². The van der Waals surface area contributed by atoms with E-state index in [9.17, 15) is 4.79 Å². The normalized spacial score (nSPS) is 22.0. The summed E-state index contributed by atoms with van der Waals surface area (Å²) in [5.41, 5.74) is 0. The van der Waals surface area contributed by atoms with Crippen LogP contribution in [0.3, 0.4) is 0 Å². The third-order valence-corrected chi connectivity index (χ3v) is 5.59. The Morgan fingerprint density at radius 3 is 1.92 bits per heavy atom. The van der Waals surface area contributed by atoms with Crippen LogP contribution in [0.4, 0.5) is 11.6 Å². The molecule has 142 valence electrons. The highest BCUT2D eigenvalue weighted by atomic mass is 16.3. The highest BCUT2D eigenvalue weighted by Gasteiger charge is 2.34. The Hall–Kier alpha value is -1.93. The Morgan fingerprint density at radius 2 is 1.46 bits per heavy atom. The van der Waals surface area contributed by atoms with Crippen LogP contribution in [0.15, 0.2) is 12.1 Å². The molecule has 1 N–H and O–H groups in total. The molecule has 1 amide bonds. The van der Waals surface area contributed by atoms with Gasteiger partial charge in [-0.3, -0.25) is 9.69 Å². The van der Waals surface area contributed by atoms with Crippen molar-refractivity contribution in [1.82, 2.24) is 20.0 Å². The Labute approximate surface area is 154 Å². The summed E-state index contributed by atoms with van der Waals surface area (Å²) in [6.45, 7) is 7.89. The van der Waals surface area contributed by atoms with Crippen LogP contribution < -0.4 is 9.80 Å². The number of rotatable bonds is 5. The first-order valence-corrected chi connectivity index (χ1v) is 9.70. The average molecular weight is 360 g/mol. The number of aliphatic hydroxyl groups excluding tert-OH is 1. The van der Waals surface area contributed by atoms with Gasteiger partial charge in [0.2, 0.25) is 5.91 Å². The quantitative estimate of drug-likeness (QED) is 0.769. The summed E-state index contributed by atoms with van der Waals surface area (Å²) in [7, 11) is 0. The first kappa shape index (κ1) is 17.5. The Balaban J connectivity index is 1.29. The van der Waals surface area contributed by atoms with Gasteiger partial charge in [0.1, 0.15) is 0 Å². The lowest BCUT2D eigenvalue weighted by Crippen LogP contribution is -2.49. The second-order valence-corrected chi connectivity index (χ2v) is 7.39. The average Bonchev–Trinajstić information content (AvgIpc) is 3.54. The fourth-order valence-electron chi connectivity index (χ4n) is 3.74. The predicted octanol–water partition coefficient (Wildman–Crippen LogP) is -0.350. The molecule has 1 aromatic heterocycles. The zero-order valence-electron chi connectivity index (χ0n) is 15.3. The topological polar surface area (TPSA) is 76.0 Å². The molecule has 1 aromatic rings. The van der Waals surface area contributed by atoms with E-state index in [1.54, 1.807) is 0 Å². The highest BCUT2D eigenvalue weighted by Crippen LogP contribution is 2.31. The van der Waals surface area contributed by atoms with E-state index in [4.69, 9.17) is 5.11 Å². The number of hydrogen-bond acceptors (Lipinski definition) is 7. The summed E-state index contributed by atoms with van der Waals surface area (Å²) < 4.78 is 0. The fourth-order valence-corrected chi connectivity index (χ4v) is 3.74. The molecule has 2 aliphatic heterocycles. The molecular weight excluding hydrogens is 332 g/mol. The predicted molar refractivity (Wildman–Crippen MR) is 99.3 cm³/mol. The van der Waals surface area contributed by atoms with Gasteiger partial charge in [0.15, 0.2) is 11.6 Å². The number of carbonyl (C=O) groups is 1. The number of anilines is 2. The lowest BCUT2D eigenvalue weighted by molar-refractivity contribution is -0.132. The lowest BCUT2D eigenvalue weighted by Gasteiger charge is -2.36. The maximum absolute atomic E-state index is 12.1. The van der Waals surface area contributed by atoms with E-state index >= 15 is 0 Å². The largest absolute Gasteiger partial charge is 0.395 e. The van der Waals surface area contributed by atoms with Gasteiger partial charge in [-0.1, -0.05) is 0 Å². The minimum atomic E-state index is 0.216. The molecule has 26 heavy (non-hydrogen) atoms. The summed E-state index contributed by atoms with van der Waals surface area (Å²) in [5.74, 6) is 2.45. The molecule has 1 saturated carbocycles. The van der Waals surface area contributed by atoms with Crippen LogP contribution in [-0.2, 0) is 4.79 Å². The zero-order chi connectivity index (χ0) is 17.9. The number of amides is 1. The minimum Gasteiger partial charge on any atom is -0.395 e. The molecule has 0 atom stereocenters. The standard InChI is InChI=1S/C18H28N6O2/c25-14-13-21-5-7-22(8-6-21)16-3-4-17(20-19-16)23-9-11-24(12-10-23)18(26)15-1-2-15/h3-4,15,25H,1-2,5-14H2. The molecule has 0 radical (unpaired) electrons. The lowest BCUT2D eigenvalue weighted by atomic mass is 10.2. The Morgan fingerprint density at radius 1 is 0.923 bits per heavy atom. The number of nitrogens with zero attached hydrogens (tertiary/aromatic N) is 6. The van der Waals surface area contributed by atoms with Crippen LogP contribution in [-0.4, -0.2) is 96.5 Å². The van der Waals surface area contributed by atoms with Crippen LogP contribution in [0.2, 0.25) is 0 Å². The van der Waals surface area contributed by atoms with E-state index in [1.165, 1.54) is 0 Å². The van der Waals surface area contributed by atoms with Crippen molar-refractivity contribution < 1.29 is 9.90 Å². The van der Waals surface area contributed by atoms with Gasteiger partial charge in [0.05, 0.1) is 6.61 Å². The van der Waals surface area contributed by atoms with Crippen molar-refractivity contribution in [3.05, 3.63) is 12.1 Å². The summed E-state index contributed by atoms with van der Waals surface area (Å²) in [6, 6.07) is 4.09. The second kappa shape index (κ2) is 7.75. The molecule has 1 aliphatic carbocycles. The van der Waals surface area contributed by atoms with Crippen molar-refractivity contribution in [3.63, 3.8) is 0 Å². The van der Waals surface area contributed by atoms with E-state index < -0.39 is 0 Å². The zero-order valence-corrected chi connectivity index (χ0v) is 15.3. The summed E-state index contributed by atoms with van der Waals surface area (Å²) in [5, 5.41) is 17.9. The second-order valence-electron chi connectivity index (χ2n) is 7.39. The Kier molecular flexibility index (Phi) is 5.21. The number of piperazine rings is 2. The molecule has 3 fully saturated rings. The van der Waals surface area contributed by atoms with Gasteiger partial charge < -0.3 is 19.8 Å². The van der Waals surface area contributed by atoms with Crippen LogP contribution >= 0.6 is 0 Å². The first-order valence-electron chi connectivity index (χ1n) is 9.70. The Bertz CT molecular complexity index is 605. The van der Waals surface area contributed by atoms with Gasteiger partial charge in [0.25, 0.3) is 0 Å². The van der Waals surface area contributed by atoms with Crippen molar-refractivity contribution in [3.8, 4) is 0 Å². The minimum absolute atomic E-state index is 0.216. The van der Waals surface area contributed by atoms with E-state index in [1.807, 2.05) is 17.0 Å². The molecule has 4 rings (SSSR count). The van der Waals surface area contributed by atoms with Crippen molar-refractivity contribution >= 4 is 17.5 Å². The number of hydrogen-bond donors (Lipinski definition) is 1. The van der Waals surface area contributed by atoms with Crippen LogP contribution in [0.5, 0.6) is 0 Å². The summed E-state index contributed by atoms with van der Waals surface area (Å²) in [6.07, 6.45) is 2.14. The third kappa shape index (κ3) is 3.91. The van der Waals surface area contributed by atoms with Gasteiger partial charge in [-0.2, -0.15) is 0 Å². The van der Waals surface area contributed by atoms with Gasteiger partial charge >= 0.3 is 0 Å². The first-order chi connectivity index (χ1) is 12.7. The molecule has 3 aliphatic rings. The van der Waals surface area contributed by atoms with Gasteiger partial charge in [-0.15, -0.1) is 10.2 Å². The van der Waals surface area contributed by atoms with Crippen molar-refractivity contribution in [1.29, 1.82) is 0 Å². The molecule has 0 bridgehead atoms. The molecule has 8 nitrogen and oxygen atoms in total.